The molecule has 0 saturated carbocycles. The number of aromatic nitrogens is 1. The van der Waals surface area contributed by atoms with Crippen LogP contribution >= 0.6 is 0 Å². The van der Waals surface area contributed by atoms with Gasteiger partial charge in [-0.15, -0.1) is 0 Å². The molecule has 6 nitrogen and oxygen atoms in total. The van der Waals surface area contributed by atoms with Crippen molar-refractivity contribution in [2.24, 2.45) is 0 Å². The van der Waals surface area contributed by atoms with Crippen molar-refractivity contribution in [3.63, 3.8) is 0 Å². The van der Waals surface area contributed by atoms with E-state index >= 15 is 0 Å². The number of methoxy groups -OCH3 is 1. The van der Waals surface area contributed by atoms with Crippen molar-refractivity contribution in [1.29, 1.82) is 0 Å². The summed E-state index contributed by atoms with van der Waals surface area (Å²) in [6.45, 7) is 7.36. The van der Waals surface area contributed by atoms with Gasteiger partial charge in [-0.1, -0.05) is 12.1 Å². The molecular formula is C27H28F2N2O4. The van der Waals surface area contributed by atoms with Crippen LogP contribution < -0.4 is 0 Å². The zero-order valence-electron chi connectivity index (χ0n) is 20.4. The number of ether oxygens (including phenoxy) is 1. The molecule has 1 aromatic heterocycles. The Balaban J connectivity index is 2.06. The molecule has 1 unspecified atom stereocenters. The Labute approximate surface area is 203 Å². The highest BCUT2D eigenvalue weighted by Gasteiger charge is 2.33. The van der Waals surface area contributed by atoms with E-state index in [1.54, 1.807) is 25.3 Å². The fourth-order valence-electron chi connectivity index (χ4n) is 4.29. The topological polar surface area (TPSA) is 68.6 Å². The van der Waals surface area contributed by atoms with E-state index in [1.807, 2.05) is 6.92 Å². The summed E-state index contributed by atoms with van der Waals surface area (Å²) in [6, 6.07) is 9.75. The normalized spacial score (nSPS) is 11.7. The summed E-state index contributed by atoms with van der Waals surface area (Å²) >= 11 is 0. The summed E-state index contributed by atoms with van der Waals surface area (Å²) in [5.74, 6) is -2.29. The number of carbonyl (C=O) groups is 3. The molecule has 3 rings (SSSR count). The monoisotopic (exact) mass is 482 g/mol. The SMILES string of the molecule is CCn1c(C)c(C(=O)C(C)N(Cc2ccc(F)cc2)C(=O)c2ccc(F)cc2)c(C)c1C(=O)OC. The maximum absolute atomic E-state index is 13.8. The fraction of sp³-hybridized carbons (Fsp3) is 0.296. The number of halogens is 2. The molecule has 0 spiro atoms. The molecule has 3 aromatic rings. The van der Waals surface area contributed by atoms with Crippen LogP contribution in [-0.2, 0) is 17.8 Å². The number of esters is 1. The third-order valence-corrected chi connectivity index (χ3v) is 6.17. The maximum atomic E-state index is 13.8. The van der Waals surface area contributed by atoms with Crippen LogP contribution in [0.3, 0.4) is 0 Å². The van der Waals surface area contributed by atoms with E-state index in [1.165, 1.54) is 60.5 Å². The molecule has 35 heavy (non-hydrogen) atoms. The van der Waals surface area contributed by atoms with E-state index in [-0.39, 0.29) is 23.6 Å². The van der Waals surface area contributed by atoms with Crippen molar-refractivity contribution in [2.75, 3.05) is 7.11 Å². The second-order valence-corrected chi connectivity index (χ2v) is 8.28. The van der Waals surface area contributed by atoms with Crippen molar-refractivity contribution in [3.8, 4) is 0 Å². The number of hydrogen-bond donors (Lipinski definition) is 0. The van der Waals surface area contributed by atoms with Crippen LogP contribution in [0.5, 0.6) is 0 Å². The van der Waals surface area contributed by atoms with Gasteiger partial charge in [-0.25, -0.2) is 13.6 Å². The highest BCUT2D eigenvalue weighted by molar-refractivity contribution is 6.07. The standard InChI is InChI=1S/C27H28F2N2O4/c1-6-30-17(3)23(16(2)24(30)27(34)35-5)25(32)18(4)31(15-19-7-11-21(28)12-8-19)26(33)20-9-13-22(29)14-10-20/h7-14,18H,6,15H2,1-5H3. The lowest BCUT2D eigenvalue weighted by Crippen LogP contribution is -2.43. The van der Waals surface area contributed by atoms with Gasteiger partial charge in [0.2, 0.25) is 0 Å². The van der Waals surface area contributed by atoms with E-state index in [9.17, 15) is 23.2 Å². The summed E-state index contributed by atoms with van der Waals surface area (Å²) in [5.41, 5.74) is 2.54. The molecule has 184 valence electrons. The average molecular weight is 483 g/mol. The van der Waals surface area contributed by atoms with E-state index in [0.717, 1.165) is 0 Å². The number of benzene rings is 2. The van der Waals surface area contributed by atoms with Crippen LogP contribution in [0.2, 0.25) is 0 Å². The van der Waals surface area contributed by atoms with Crippen molar-refractivity contribution < 1.29 is 27.9 Å². The quantitative estimate of drug-likeness (QED) is 0.331. The Morgan fingerprint density at radius 3 is 2.03 bits per heavy atom. The molecule has 1 amide bonds. The highest BCUT2D eigenvalue weighted by atomic mass is 19.1. The van der Waals surface area contributed by atoms with Gasteiger partial charge in [0.1, 0.15) is 17.3 Å². The van der Waals surface area contributed by atoms with E-state index in [0.29, 0.717) is 28.9 Å². The molecule has 8 heteroatoms. The van der Waals surface area contributed by atoms with Crippen LogP contribution in [0.15, 0.2) is 48.5 Å². The fourth-order valence-corrected chi connectivity index (χ4v) is 4.29. The summed E-state index contributed by atoms with van der Waals surface area (Å²) in [7, 11) is 1.28. The first kappa shape index (κ1) is 25.8. The third kappa shape index (κ3) is 5.16. The first-order chi connectivity index (χ1) is 16.6. The van der Waals surface area contributed by atoms with Gasteiger partial charge in [-0.05, 0) is 75.2 Å². The Hall–Kier alpha value is -3.81. The number of amides is 1. The van der Waals surface area contributed by atoms with Gasteiger partial charge in [0.05, 0.1) is 13.2 Å². The lowest BCUT2D eigenvalue weighted by Gasteiger charge is -2.29. The number of carbonyl (C=O) groups excluding carboxylic acids is 3. The minimum Gasteiger partial charge on any atom is -0.464 e. The van der Waals surface area contributed by atoms with Crippen molar-refractivity contribution >= 4 is 17.7 Å². The zero-order chi connectivity index (χ0) is 25.9. The van der Waals surface area contributed by atoms with Crippen LogP contribution in [0, 0.1) is 25.5 Å². The predicted molar refractivity (Wildman–Crippen MR) is 127 cm³/mol. The maximum Gasteiger partial charge on any atom is 0.354 e. The highest BCUT2D eigenvalue weighted by Crippen LogP contribution is 2.27. The molecule has 1 atom stereocenters. The molecule has 0 aliphatic carbocycles. The number of ketones is 1. The van der Waals surface area contributed by atoms with Gasteiger partial charge in [-0.2, -0.15) is 0 Å². The molecule has 0 N–H and O–H groups in total. The number of nitrogens with zero attached hydrogens (tertiary/aromatic N) is 2. The summed E-state index contributed by atoms with van der Waals surface area (Å²) in [5, 5.41) is 0. The molecular weight excluding hydrogens is 454 g/mol. The Morgan fingerprint density at radius 2 is 1.51 bits per heavy atom. The lowest BCUT2D eigenvalue weighted by molar-refractivity contribution is 0.0586. The molecule has 0 radical (unpaired) electrons. The lowest BCUT2D eigenvalue weighted by atomic mass is 9.98. The molecule has 0 fully saturated rings. The van der Waals surface area contributed by atoms with Gasteiger partial charge < -0.3 is 14.2 Å². The predicted octanol–water partition coefficient (Wildman–Crippen LogP) is 5.10. The second-order valence-electron chi connectivity index (χ2n) is 8.28. The summed E-state index contributed by atoms with van der Waals surface area (Å²) in [6.07, 6.45) is 0. The van der Waals surface area contributed by atoms with Crippen LogP contribution in [-0.4, -0.2) is 40.3 Å². The third-order valence-electron chi connectivity index (χ3n) is 6.17. The number of Topliss-reactive ketones (excluding diaryl/α,β-unsaturated/α-hetero) is 1. The van der Waals surface area contributed by atoms with Crippen molar-refractivity contribution in [3.05, 3.63) is 93.8 Å². The molecule has 0 saturated heterocycles. The number of hydrogen-bond acceptors (Lipinski definition) is 4. The Kier molecular flexibility index (Phi) is 7.84. The first-order valence-corrected chi connectivity index (χ1v) is 11.2. The van der Waals surface area contributed by atoms with Gasteiger partial charge in [0.25, 0.3) is 5.91 Å². The van der Waals surface area contributed by atoms with Gasteiger partial charge in [0, 0.05) is 29.9 Å². The van der Waals surface area contributed by atoms with E-state index in [4.69, 9.17) is 4.74 Å². The van der Waals surface area contributed by atoms with Crippen LogP contribution in [0.4, 0.5) is 8.78 Å². The minimum absolute atomic E-state index is 0.0276. The van der Waals surface area contributed by atoms with Gasteiger partial charge >= 0.3 is 5.97 Å². The molecule has 0 aliphatic rings. The van der Waals surface area contributed by atoms with E-state index < -0.39 is 29.6 Å². The minimum atomic E-state index is -0.937. The molecule has 0 bridgehead atoms. The first-order valence-electron chi connectivity index (χ1n) is 11.2. The smallest absolute Gasteiger partial charge is 0.354 e. The number of rotatable bonds is 8. The molecule has 1 heterocycles. The van der Waals surface area contributed by atoms with Crippen LogP contribution in [0.1, 0.15) is 61.9 Å². The summed E-state index contributed by atoms with van der Waals surface area (Å²) in [4.78, 5) is 41.0. The zero-order valence-corrected chi connectivity index (χ0v) is 20.4. The summed E-state index contributed by atoms with van der Waals surface area (Å²) < 4.78 is 33.5. The van der Waals surface area contributed by atoms with Gasteiger partial charge in [0.15, 0.2) is 5.78 Å². The second kappa shape index (κ2) is 10.6. The Morgan fingerprint density at radius 1 is 0.971 bits per heavy atom. The molecule has 0 aliphatic heterocycles. The van der Waals surface area contributed by atoms with E-state index in [2.05, 4.69) is 0 Å². The largest absolute Gasteiger partial charge is 0.464 e. The average Bonchev–Trinajstić information content (AvgIpc) is 3.11. The van der Waals surface area contributed by atoms with Crippen molar-refractivity contribution in [1.82, 2.24) is 9.47 Å². The Bertz CT molecular complexity index is 1250. The molecule has 2 aromatic carbocycles. The van der Waals surface area contributed by atoms with Crippen LogP contribution in [0.25, 0.3) is 0 Å². The van der Waals surface area contributed by atoms with Crippen molar-refractivity contribution in [2.45, 2.75) is 46.8 Å². The van der Waals surface area contributed by atoms with Gasteiger partial charge in [-0.3, -0.25) is 9.59 Å².